The Bertz CT molecular complexity index is 1280. The monoisotopic (exact) mass is 561 g/mol. The van der Waals surface area contributed by atoms with Gasteiger partial charge in [-0.15, -0.1) is 0 Å². The fourth-order valence-electron chi connectivity index (χ4n) is 4.17. The molecule has 0 spiro atoms. The molecule has 1 fully saturated rings. The van der Waals surface area contributed by atoms with Crippen molar-refractivity contribution in [2.24, 2.45) is 0 Å². The van der Waals surface area contributed by atoms with E-state index >= 15 is 0 Å². The molecule has 37 heavy (non-hydrogen) atoms. The lowest BCUT2D eigenvalue weighted by atomic mass is 10.1. The fraction of sp³-hybridized carbons (Fsp3) is 0.276. The Kier molecular flexibility index (Phi) is 9.22. The second-order valence-electron chi connectivity index (χ2n) is 9.33. The highest BCUT2D eigenvalue weighted by Gasteiger charge is 2.15. The average Bonchev–Trinajstić information content (AvgIpc) is 3.10. The van der Waals surface area contributed by atoms with Gasteiger partial charge in [-0.2, -0.15) is 0 Å². The maximum atomic E-state index is 13.0. The topological polar surface area (TPSA) is 77.6 Å². The first-order chi connectivity index (χ1) is 17.9. The highest BCUT2D eigenvalue weighted by molar-refractivity contribution is 9.10. The van der Waals surface area contributed by atoms with Crippen molar-refractivity contribution in [3.8, 4) is 0 Å². The molecule has 0 radical (unpaired) electrons. The second kappa shape index (κ2) is 12.8. The third-order valence-electron chi connectivity index (χ3n) is 6.39. The molecule has 2 amide bonds. The summed E-state index contributed by atoms with van der Waals surface area (Å²) in [5.74, 6) is -0.466. The van der Waals surface area contributed by atoms with Gasteiger partial charge in [-0.05, 0) is 86.6 Å². The number of pyridine rings is 1. The largest absolute Gasteiger partial charge is 0.322 e. The minimum atomic E-state index is -0.258. The molecule has 3 aromatic rings. The van der Waals surface area contributed by atoms with Crippen molar-refractivity contribution in [2.75, 3.05) is 43.9 Å². The SMILES string of the molecule is Cc1ccc(NC(=O)c2ccc(CN3CCCN(C)CC3)c(Br)c2)cc1NC(=O)/C=C/c1cccnc1. The number of rotatable bonds is 7. The van der Waals surface area contributed by atoms with Crippen LogP contribution < -0.4 is 10.6 Å². The average molecular weight is 563 g/mol. The quantitative estimate of drug-likeness (QED) is 0.388. The van der Waals surface area contributed by atoms with Crippen molar-refractivity contribution in [1.29, 1.82) is 0 Å². The lowest BCUT2D eigenvalue weighted by molar-refractivity contribution is -0.111. The van der Waals surface area contributed by atoms with Crippen LogP contribution >= 0.6 is 15.9 Å². The molecule has 0 saturated carbocycles. The van der Waals surface area contributed by atoms with Crippen molar-refractivity contribution in [3.05, 3.63) is 93.7 Å². The van der Waals surface area contributed by atoms with Gasteiger partial charge in [0.15, 0.2) is 0 Å². The van der Waals surface area contributed by atoms with Crippen LogP contribution in [0, 0.1) is 6.92 Å². The zero-order valence-electron chi connectivity index (χ0n) is 21.2. The van der Waals surface area contributed by atoms with Gasteiger partial charge in [0.1, 0.15) is 0 Å². The normalized spacial score (nSPS) is 14.9. The molecule has 0 unspecified atom stereocenters. The summed E-state index contributed by atoms with van der Waals surface area (Å²) in [7, 11) is 2.17. The number of anilines is 2. The first-order valence-corrected chi connectivity index (χ1v) is 13.2. The second-order valence-corrected chi connectivity index (χ2v) is 10.2. The summed E-state index contributed by atoms with van der Waals surface area (Å²) in [4.78, 5) is 34.3. The third-order valence-corrected chi connectivity index (χ3v) is 7.12. The van der Waals surface area contributed by atoms with Crippen LogP contribution in [0.3, 0.4) is 0 Å². The molecule has 2 N–H and O–H groups in total. The van der Waals surface area contributed by atoms with Crippen molar-refractivity contribution in [2.45, 2.75) is 19.9 Å². The summed E-state index contributed by atoms with van der Waals surface area (Å²) in [6.07, 6.45) is 7.70. The Balaban J connectivity index is 1.38. The van der Waals surface area contributed by atoms with E-state index in [9.17, 15) is 9.59 Å². The molecule has 1 aromatic heterocycles. The number of benzene rings is 2. The molecule has 1 aliphatic rings. The van der Waals surface area contributed by atoms with E-state index in [1.807, 2.05) is 49.4 Å². The lowest BCUT2D eigenvalue weighted by Gasteiger charge is -2.21. The molecule has 0 bridgehead atoms. The van der Waals surface area contributed by atoms with E-state index in [0.717, 1.165) is 54.7 Å². The summed E-state index contributed by atoms with van der Waals surface area (Å²) in [6.45, 7) is 7.07. The van der Waals surface area contributed by atoms with Crippen LogP contribution in [0.1, 0.15) is 33.5 Å². The number of aryl methyl sites for hydroxylation is 1. The number of likely N-dealkylation sites (N-methyl/N-ethyl adjacent to an activating group) is 1. The smallest absolute Gasteiger partial charge is 0.255 e. The highest BCUT2D eigenvalue weighted by atomic mass is 79.9. The van der Waals surface area contributed by atoms with E-state index in [4.69, 9.17) is 0 Å². The first kappa shape index (κ1) is 26.7. The molecule has 2 aromatic carbocycles. The van der Waals surface area contributed by atoms with Gasteiger partial charge < -0.3 is 15.5 Å². The van der Waals surface area contributed by atoms with E-state index in [1.54, 1.807) is 24.5 Å². The van der Waals surface area contributed by atoms with Gasteiger partial charge in [-0.1, -0.05) is 34.1 Å². The van der Waals surface area contributed by atoms with Gasteiger partial charge in [0.2, 0.25) is 5.91 Å². The molecule has 8 heteroatoms. The maximum absolute atomic E-state index is 13.0. The summed E-state index contributed by atoms with van der Waals surface area (Å²) < 4.78 is 0.926. The number of halogens is 1. The Morgan fingerprint density at radius 2 is 1.92 bits per heavy atom. The van der Waals surface area contributed by atoms with Crippen LogP contribution in [-0.4, -0.2) is 59.8 Å². The molecule has 7 nitrogen and oxygen atoms in total. The zero-order valence-corrected chi connectivity index (χ0v) is 22.8. The predicted molar refractivity (Wildman–Crippen MR) is 153 cm³/mol. The number of hydrogen-bond acceptors (Lipinski definition) is 5. The number of hydrogen-bond donors (Lipinski definition) is 2. The Morgan fingerprint density at radius 1 is 1.05 bits per heavy atom. The van der Waals surface area contributed by atoms with Crippen LogP contribution in [0.5, 0.6) is 0 Å². The van der Waals surface area contributed by atoms with Crippen LogP contribution in [0.25, 0.3) is 6.08 Å². The molecule has 1 saturated heterocycles. The van der Waals surface area contributed by atoms with Crippen molar-refractivity contribution < 1.29 is 9.59 Å². The fourth-order valence-corrected chi connectivity index (χ4v) is 4.68. The highest BCUT2D eigenvalue weighted by Crippen LogP contribution is 2.24. The molecular weight excluding hydrogens is 530 g/mol. The molecule has 192 valence electrons. The summed E-state index contributed by atoms with van der Waals surface area (Å²) >= 11 is 3.66. The zero-order chi connectivity index (χ0) is 26.2. The van der Waals surface area contributed by atoms with Gasteiger partial charge >= 0.3 is 0 Å². The first-order valence-electron chi connectivity index (χ1n) is 12.4. The van der Waals surface area contributed by atoms with Crippen molar-refractivity contribution >= 4 is 45.2 Å². The Labute approximate surface area is 226 Å². The number of nitrogens with zero attached hydrogens (tertiary/aromatic N) is 3. The van der Waals surface area contributed by atoms with Gasteiger partial charge in [0.05, 0.1) is 0 Å². The van der Waals surface area contributed by atoms with Crippen LogP contribution in [0.15, 0.2) is 71.5 Å². The van der Waals surface area contributed by atoms with E-state index in [0.29, 0.717) is 16.9 Å². The van der Waals surface area contributed by atoms with Crippen LogP contribution in [0.2, 0.25) is 0 Å². The molecule has 1 aliphatic heterocycles. The molecular formula is C29H32BrN5O2. The number of carbonyl (C=O) groups is 2. The van der Waals surface area contributed by atoms with Crippen LogP contribution in [-0.2, 0) is 11.3 Å². The molecule has 2 heterocycles. The lowest BCUT2D eigenvalue weighted by Crippen LogP contribution is -2.28. The minimum Gasteiger partial charge on any atom is -0.322 e. The predicted octanol–water partition coefficient (Wildman–Crippen LogP) is 5.19. The van der Waals surface area contributed by atoms with Crippen LogP contribution in [0.4, 0.5) is 11.4 Å². The molecule has 4 rings (SSSR count). The van der Waals surface area contributed by atoms with Crippen molar-refractivity contribution in [3.63, 3.8) is 0 Å². The van der Waals surface area contributed by atoms with E-state index in [1.165, 1.54) is 11.6 Å². The number of aromatic nitrogens is 1. The summed E-state index contributed by atoms with van der Waals surface area (Å²) in [5.41, 5.74) is 4.71. The maximum Gasteiger partial charge on any atom is 0.255 e. The number of nitrogens with one attached hydrogen (secondary N) is 2. The van der Waals surface area contributed by atoms with E-state index < -0.39 is 0 Å². The van der Waals surface area contributed by atoms with Crippen molar-refractivity contribution in [1.82, 2.24) is 14.8 Å². The number of amides is 2. The van der Waals surface area contributed by atoms with Gasteiger partial charge in [-0.25, -0.2) is 0 Å². The van der Waals surface area contributed by atoms with Gasteiger partial charge in [0, 0.05) is 59.5 Å². The summed E-state index contributed by atoms with van der Waals surface area (Å²) in [5, 5.41) is 5.83. The third kappa shape index (κ3) is 7.82. The minimum absolute atomic E-state index is 0.207. The van der Waals surface area contributed by atoms with E-state index in [2.05, 4.69) is 48.4 Å². The number of carbonyl (C=O) groups excluding carboxylic acids is 2. The van der Waals surface area contributed by atoms with Gasteiger partial charge in [0.25, 0.3) is 5.91 Å². The molecule has 0 atom stereocenters. The Hall–Kier alpha value is -3.33. The van der Waals surface area contributed by atoms with Gasteiger partial charge in [-0.3, -0.25) is 19.5 Å². The Morgan fingerprint density at radius 3 is 2.70 bits per heavy atom. The summed E-state index contributed by atoms with van der Waals surface area (Å²) in [6, 6.07) is 14.9. The molecule has 0 aliphatic carbocycles. The van der Waals surface area contributed by atoms with E-state index in [-0.39, 0.29) is 11.8 Å². The standard InChI is InChI=1S/C29H32BrN5O2/c1-21-6-10-25(18-27(21)33-28(36)11-7-22-5-3-12-31-19-22)32-29(37)23-8-9-24(26(30)17-23)20-35-14-4-13-34(2)15-16-35/h3,5-12,17-19H,4,13-16,20H2,1-2H3,(H,32,37)(H,33,36)/b11-7+.